The maximum Gasteiger partial charge on any atom is 0.191 e. The molecule has 0 radical (unpaired) electrons. The molecule has 1 saturated heterocycles. The lowest BCUT2D eigenvalue weighted by Crippen LogP contribution is -2.44. The van der Waals surface area contributed by atoms with Gasteiger partial charge in [-0.05, 0) is 59.1 Å². The molecule has 1 atom stereocenters. The molecule has 0 spiro atoms. The number of nitrogens with zero attached hydrogens (tertiary/aromatic N) is 3. The largest absolute Gasteiger partial charge is 0.357 e. The second kappa shape index (κ2) is 10.9. The predicted molar refractivity (Wildman–Crippen MR) is 122 cm³/mol. The number of halogens is 4. The number of anilines is 1. The fourth-order valence-electron chi connectivity index (χ4n) is 3.00. The third-order valence-electron chi connectivity index (χ3n) is 4.32. The Kier molecular flexibility index (Phi) is 8.87. The third-order valence-corrected chi connectivity index (χ3v) is 4.96. The molecule has 9 heteroatoms. The standard InChI is InChI=1S/C19H22BrF2N5.HI/c1-2-23-19(25-11-13-5-6-15(20)17(22)10-13)26-14-7-9-27(12-14)18-16(21)4-3-8-24-18;/h3-6,8,10,14H,2,7,9,11-12H2,1H3,(H2,23,25,26);1H. The minimum absolute atomic E-state index is 0. The van der Waals surface area contributed by atoms with Crippen LogP contribution in [0.1, 0.15) is 18.9 Å². The van der Waals surface area contributed by atoms with Gasteiger partial charge in [0.15, 0.2) is 17.6 Å². The summed E-state index contributed by atoms with van der Waals surface area (Å²) < 4.78 is 28.0. The van der Waals surface area contributed by atoms with E-state index in [4.69, 9.17) is 0 Å². The van der Waals surface area contributed by atoms with Crippen LogP contribution in [0.5, 0.6) is 0 Å². The summed E-state index contributed by atoms with van der Waals surface area (Å²) in [6, 6.07) is 8.12. The number of aromatic nitrogens is 1. The first-order valence-corrected chi connectivity index (χ1v) is 9.70. The molecule has 2 N–H and O–H groups in total. The molecule has 1 aromatic carbocycles. The summed E-state index contributed by atoms with van der Waals surface area (Å²) in [5, 5.41) is 6.58. The SMILES string of the molecule is CCNC(=NCc1ccc(Br)c(F)c1)NC1CCN(c2ncccc2F)C1.I. The fourth-order valence-corrected chi connectivity index (χ4v) is 3.25. The van der Waals surface area contributed by atoms with Crippen molar-refractivity contribution in [2.24, 2.45) is 4.99 Å². The molecular weight excluding hydrogens is 543 g/mol. The minimum atomic E-state index is -0.309. The van der Waals surface area contributed by atoms with Crippen molar-refractivity contribution in [2.75, 3.05) is 24.5 Å². The average Bonchev–Trinajstić information content (AvgIpc) is 3.11. The van der Waals surface area contributed by atoms with Crippen molar-refractivity contribution in [2.45, 2.75) is 25.9 Å². The summed E-state index contributed by atoms with van der Waals surface area (Å²) in [4.78, 5) is 10.6. The van der Waals surface area contributed by atoms with Crippen LogP contribution >= 0.6 is 39.9 Å². The van der Waals surface area contributed by atoms with Gasteiger partial charge in [-0.2, -0.15) is 0 Å². The van der Waals surface area contributed by atoms with Crippen molar-refractivity contribution in [3.05, 3.63) is 58.2 Å². The maximum atomic E-state index is 13.9. The first kappa shape index (κ1) is 22.8. The zero-order chi connectivity index (χ0) is 19.2. The van der Waals surface area contributed by atoms with Gasteiger partial charge in [-0.25, -0.2) is 18.8 Å². The lowest BCUT2D eigenvalue weighted by molar-refractivity contribution is 0.612. The van der Waals surface area contributed by atoms with Gasteiger partial charge in [-0.15, -0.1) is 24.0 Å². The molecule has 1 aromatic heterocycles. The Morgan fingerprint density at radius 3 is 2.86 bits per heavy atom. The zero-order valence-electron chi connectivity index (χ0n) is 15.5. The maximum absolute atomic E-state index is 13.9. The van der Waals surface area contributed by atoms with Crippen molar-refractivity contribution in [1.82, 2.24) is 15.6 Å². The quantitative estimate of drug-likeness (QED) is 0.326. The number of benzene rings is 1. The van der Waals surface area contributed by atoms with E-state index in [-0.39, 0.29) is 41.7 Å². The number of pyridine rings is 1. The van der Waals surface area contributed by atoms with Gasteiger partial charge < -0.3 is 15.5 Å². The molecule has 1 unspecified atom stereocenters. The Bertz CT molecular complexity index is 821. The van der Waals surface area contributed by atoms with E-state index in [0.717, 1.165) is 18.5 Å². The van der Waals surface area contributed by atoms with Gasteiger partial charge in [0.25, 0.3) is 0 Å². The fraction of sp³-hybridized carbons (Fsp3) is 0.368. The average molecular weight is 566 g/mol. The number of guanidine groups is 1. The Balaban J connectivity index is 0.00000280. The van der Waals surface area contributed by atoms with E-state index in [1.54, 1.807) is 18.3 Å². The van der Waals surface area contributed by atoms with Gasteiger partial charge in [0.05, 0.1) is 11.0 Å². The van der Waals surface area contributed by atoms with Crippen LogP contribution in [0.25, 0.3) is 0 Å². The highest BCUT2D eigenvalue weighted by atomic mass is 127. The first-order valence-electron chi connectivity index (χ1n) is 8.91. The topological polar surface area (TPSA) is 52.6 Å². The highest BCUT2D eigenvalue weighted by Crippen LogP contribution is 2.21. The monoisotopic (exact) mass is 565 g/mol. The molecule has 2 heterocycles. The molecule has 1 aliphatic rings. The van der Waals surface area contributed by atoms with Gasteiger partial charge in [0.2, 0.25) is 0 Å². The summed E-state index contributed by atoms with van der Waals surface area (Å²) in [7, 11) is 0. The van der Waals surface area contributed by atoms with Crippen molar-refractivity contribution < 1.29 is 8.78 Å². The number of hydrogen-bond acceptors (Lipinski definition) is 3. The second-order valence-corrected chi connectivity index (χ2v) is 7.18. The van der Waals surface area contributed by atoms with Crippen LogP contribution in [-0.2, 0) is 6.54 Å². The van der Waals surface area contributed by atoms with Gasteiger partial charge in [-0.1, -0.05) is 6.07 Å². The van der Waals surface area contributed by atoms with Crippen molar-refractivity contribution in [1.29, 1.82) is 0 Å². The number of aliphatic imine (C=N–C) groups is 1. The summed E-state index contributed by atoms with van der Waals surface area (Å²) >= 11 is 3.15. The van der Waals surface area contributed by atoms with Crippen LogP contribution in [0.2, 0.25) is 0 Å². The highest BCUT2D eigenvalue weighted by molar-refractivity contribution is 14.0. The van der Waals surface area contributed by atoms with E-state index in [1.165, 1.54) is 12.1 Å². The van der Waals surface area contributed by atoms with E-state index < -0.39 is 0 Å². The number of nitrogens with one attached hydrogen (secondary N) is 2. The van der Waals surface area contributed by atoms with Crippen LogP contribution in [0.4, 0.5) is 14.6 Å². The van der Waals surface area contributed by atoms with Gasteiger partial charge in [0.1, 0.15) is 5.82 Å². The molecular formula is C19H23BrF2IN5. The van der Waals surface area contributed by atoms with Crippen LogP contribution in [0.15, 0.2) is 46.0 Å². The normalized spacial score (nSPS) is 16.6. The summed E-state index contributed by atoms with van der Waals surface area (Å²) in [6.07, 6.45) is 2.45. The van der Waals surface area contributed by atoms with E-state index in [1.807, 2.05) is 17.9 Å². The van der Waals surface area contributed by atoms with Crippen molar-refractivity contribution >= 4 is 51.7 Å². The molecule has 0 amide bonds. The summed E-state index contributed by atoms with van der Waals surface area (Å²) in [5.41, 5.74) is 0.788. The summed E-state index contributed by atoms with van der Waals surface area (Å²) in [6.45, 7) is 4.44. The van der Waals surface area contributed by atoms with Crippen LogP contribution in [0, 0.1) is 11.6 Å². The van der Waals surface area contributed by atoms with E-state index >= 15 is 0 Å². The van der Waals surface area contributed by atoms with Crippen molar-refractivity contribution in [3.8, 4) is 0 Å². The van der Waals surface area contributed by atoms with Gasteiger partial charge >= 0.3 is 0 Å². The second-order valence-electron chi connectivity index (χ2n) is 6.33. The lowest BCUT2D eigenvalue weighted by atomic mass is 10.2. The molecule has 152 valence electrons. The Morgan fingerprint density at radius 2 is 2.14 bits per heavy atom. The Hall–Kier alpha value is -1.49. The Labute approximate surface area is 189 Å². The molecule has 1 fully saturated rings. The van der Waals surface area contributed by atoms with Crippen LogP contribution in [-0.4, -0.2) is 36.6 Å². The van der Waals surface area contributed by atoms with E-state index in [0.29, 0.717) is 35.9 Å². The van der Waals surface area contributed by atoms with Crippen molar-refractivity contribution in [3.63, 3.8) is 0 Å². The molecule has 5 nitrogen and oxygen atoms in total. The molecule has 0 bridgehead atoms. The number of hydrogen-bond donors (Lipinski definition) is 2. The molecule has 28 heavy (non-hydrogen) atoms. The van der Waals surface area contributed by atoms with Crippen LogP contribution in [0.3, 0.4) is 0 Å². The van der Waals surface area contributed by atoms with Gasteiger partial charge in [-0.3, -0.25) is 0 Å². The molecule has 1 aliphatic heterocycles. The van der Waals surface area contributed by atoms with Gasteiger partial charge in [0, 0.05) is 31.9 Å². The molecule has 2 aromatic rings. The zero-order valence-corrected chi connectivity index (χ0v) is 19.4. The molecule has 3 rings (SSSR count). The first-order chi connectivity index (χ1) is 13.1. The summed E-state index contributed by atoms with van der Waals surface area (Å²) in [5.74, 6) is 0.434. The van der Waals surface area contributed by atoms with E-state index in [2.05, 4.69) is 36.5 Å². The minimum Gasteiger partial charge on any atom is -0.357 e. The molecule has 0 saturated carbocycles. The lowest BCUT2D eigenvalue weighted by Gasteiger charge is -2.20. The predicted octanol–water partition coefficient (Wildman–Crippen LogP) is 4.07. The molecule has 0 aliphatic carbocycles. The van der Waals surface area contributed by atoms with Crippen LogP contribution < -0.4 is 15.5 Å². The third kappa shape index (κ3) is 6.00. The Morgan fingerprint density at radius 1 is 1.32 bits per heavy atom. The smallest absolute Gasteiger partial charge is 0.191 e. The highest BCUT2D eigenvalue weighted by Gasteiger charge is 2.25. The number of rotatable bonds is 5. The van der Waals surface area contributed by atoms with E-state index in [9.17, 15) is 8.78 Å².